The number of hydrogen-bond acceptors (Lipinski definition) is 4. The Labute approximate surface area is 87.7 Å². The fraction of sp³-hybridized carbons (Fsp3) is 0.200. The van der Waals surface area contributed by atoms with E-state index >= 15 is 0 Å². The van der Waals surface area contributed by atoms with E-state index in [9.17, 15) is 0 Å². The van der Waals surface area contributed by atoms with E-state index in [4.69, 9.17) is 4.74 Å². The molecule has 2 aromatic rings. The Morgan fingerprint density at radius 3 is 2.93 bits per heavy atom. The third kappa shape index (κ3) is 2.25. The molecule has 1 N–H and O–H groups in total. The largest absolute Gasteiger partial charge is 0.481 e. The van der Waals surface area contributed by atoms with E-state index in [2.05, 4.69) is 15.4 Å². The predicted octanol–water partition coefficient (Wildman–Crippen LogP) is 1.57. The van der Waals surface area contributed by atoms with E-state index < -0.39 is 0 Å². The van der Waals surface area contributed by atoms with Crippen molar-refractivity contribution >= 4 is 11.4 Å². The van der Waals surface area contributed by atoms with Gasteiger partial charge in [0.05, 0.1) is 19.0 Å². The van der Waals surface area contributed by atoms with Crippen LogP contribution in [-0.2, 0) is 7.05 Å². The molecule has 5 heteroatoms. The molecule has 0 spiro atoms. The lowest BCUT2D eigenvalue weighted by molar-refractivity contribution is 0.398. The molecule has 0 saturated heterocycles. The minimum atomic E-state index is 0.587. The van der Waals surface area contributed by atoms with E-state index in [1.54, 1.807) is 24.2 Å². The molecule has 0 amide bonds. The van der Waals surface area contributed by atoms with Crippen molar-refractivity contribution in [2.24, 2.45) is 7.05 Å². The Hall–Kier alpha value is -2.04. The second-order valence-electron chi connectivity index (χ2n) is 3.11. The van der Waals surface area contributed by atoms with Gasteiger partial charge in [-0.25, -0.2) is 4.98 Å². The quantitative estimate of drug-likeness (QED) is 0.824. The summed E-state index contributed by atoms with van der Waals surface area (Å²) in [5.41, 5.74) is 1.86. The van der Waals surface area contributed by atoms with Crippen molar-refractivity contribution in [2.75, 3.05) is 12.4 Å². The highest BCUT2D eigenvalue weighted by Crippen LogP contribution is 2.18. The maximum absolute atomic E-state index is 5.03. The van der Waals surface area contributed by atoms with E-state index in [1.807, 2.05) is 25.4 Å². The molecule has 0 fully saturated rings. The van der Waals surface area contributed by atoms with E-state index in [-0.39, 0.29) is 0 Å². The predicted molar refractivity (Wildman–Crippen MR) is 57.3 cm³/mol. The summed E-state index contributed by atoms with van der Waals surface area (Å²) >= 11 is 0. The molecule has 5 nitrogen and oxygen atoms in total. The van der Waals surface area contributed by atoms with Gasteiger partial charge in [-0.05, 0) is 6.07 Å². The number of ether oxygens (including phenoxy) is 1. The van der Waals surface area contributed by atoms with Crippen molar-refractivity contribution in [1.29, 1.82) is 0 Å². The van der Waals surface area contributed by atoms with E-state index in [0.29, 0.717) is 5.88 Å². The molecule has 0 radical (unpaired) electrons. The van der Waals surface area contributed by atoms with Gasteiger partial charge < -0.3 is 10.1 Å². The lowest BCUT2D eigenvalue weighted by atomic mass is 10.4. The Morgan fingerprint density at radius 2 is 2.27 bits per heavy atom. The molecule has 0 aliphatic rings. The van der Waals surface area contributed by atoms with E-state index in [1.165, 1.54) is 0 Å². The Balaban J connectivity index is 2.16. The van der Waals surface area contributed by atoms with Crippen LogP contribution in [0.5, 0.6) is 5.88 Å². The normalized spacial score (nSPS) is 10.0. The first-order chi connectivity index (χ1) is 7.28. The second kappa shape index (κ2) is 4.00. The second-order valence-corrected chi connectivity index (χ2v) is 3.11. The highest BCUT2D eigenvalue weighted by Gasteiger charge is 1.99. The van der Waals surface area contributed by atoms with Gasteiger partial charge in [0.15, 0.2) is 0 Å². The molecular weight excluding hydrogens is 192 g/mol. The summed E-state index contributed by atoms with van der Waals surface area (Å²) in [4.78, 5) is 4.02. The van der Waals surface area contributed by atoms with Gasteiger partial charge in [-0.15, -0.1) is 0 Å². The number of aromatic nitrogens is 3. The summed E-state index contributed by atoms with van der Waals surface area (Å²) in [6.07, 6.45) is 5.34. The summed E-state index contributed by atoms with van der Waals surface area (Å²) in [5, 5.41) is 7.26. The SMILES string of the molecule is COc1cc(Nc2cnn(C)c2)ccn1. The third-order valence-corrected chi connectivity index (χ3v) is 1.94. The maximum atomic E-state index is 5.03. The van der Waals surface area contributed by atoms with Gasteiger partial charge in [-0.3, -0.25) is 4.68 Å². The minimum Gasteiger partial charge on any atom is -0.481 e. The van der Waals surface area contributed by atoms with Crippen LogP contribution in [0.1, 0.15) is 0 Å². The van der Waals surface area contributed by atoms with Crippen molar-refractivity contribution in [3.05, 3.63) is 30.7 Å². The first kappa shape index (κ1) is 9.51. The first-order valence-corrected chi connectivity index (χ1v) is 4.53. The molecule has 2 heterocycles. The third-order valence-electron chi connectivity index (χ3n) is 1.94. The molecule has 2 aromatic heterocycles. The Morgan fingerprint density at radius 1 is 1.40 bits per heavy atom. The minimum absolute atomic E-state index is 0.587. The number of nitrogens with zero attached hydrogens (tertiary/aromatic N) is 3. The summed E-state index contributed by atoms with van der Waals surface area (Å²) in [7, 11) is 3.47. The number of pyridine rings is 1. The van der Waals surface area contributed by atoms with Gasteiger partial charge >= 0.3 is 0 Å². The summed E-state index contributed by atoms with van der Waals surface area (Å²) in [5.74, 6) is 0.587. The fourth-order valence-electron chi connectivity index (χ4n) is 1.25. The number of aryl methyl sites for hydroxylation is 1. The van der Waals surface area contributed by atoms with Crippen LogP contribution in [0.2, 0.25) is 0 Å². The van der Waals surface area contributed by atoms with Crippen LogP contribution in [-0.4, -0.2) is 21.9 Å². The summed E-state index contributed by atoms with van der Waals surface area (Å²) in [6.45, 7) is 0. The average molecular weight is 204 g/mol. The van der Waals surface area contributed by atoms with Gasteiger partial charge in [0.1, 0.15) is 0 Å². The molecular formula is C10H12N4O. The zero-order chi connectivity index (χ0) is 10.7. The fourth-order valence-corrected chi connectivity index (χ4v) is 1.25. The summed E-state index contributed by atoms with van der Waals surface area (Å²) < 4.78 is 6.76. The molecule has 0 aliphatic heterocycles. The number of rotatable bonds is 3. The van der Waals surface area contributed by atoms with Crippen LogP contribution >= 0.6 is 0 Å². The Bertz CT molecular complexity index is 452. The standard InChI is InChI=1S/C10H12N4O/c1-14-7-9(6-12-14)13-8-3-4-11-10(5-8)15-2/h3-7H,1-2H3,(H,11,13). The van der Waals surface area contributed by atoms with Gasteiger partial charge in [0.2, 0.25) is 5.88 Å². The number of nitrogens with one attached hydrogen (secondary N) is 1. The van der Waals surface area contributed by atoms with Gasteiger partial charge in [-0.1, -0.05) is 0 Å². The zero-order valence-electron chi connectivity index (χ0n) is 8.64. The molecule has 0 bridgehead atoms. The van der Waals surface area contributed by atoms with Crippen molar-refractivity contribution < 1.29 is 4.74 Å². The van der Waals surface area contributed by atoms with Gasteiger partial charge in [0, 0.05) is 31.2 Å². The van der Waals surface area contributed by atoms with Crippen LogP contribution < -0.4 is 10.1 Å². The summed E-state index contributed by atoms with van der Waals surface area (Å²) in [6, 6.07) is 3.70. The molecule has 0 unspecified atom stereocenters. The number of methoxy groups -OCH3 is 1. The highest BCUT2D eigenvalue weighted by molar-refractivity contribution is 5.58. The van der Waals surface area contributed by atoms with Gasteiger partial charge in [0.25, 0.3) is 0 Å². The van der Waals surface area contributed by atoms with E-state index in [0.717, 1.165) is 11.4 Å². The zero-order valence-corrected chi connectivity index (χ0v) is 8.64. The first-order valence-electron chi connectivity index (χ1n) is 4.53. The highest BCUT2D eigenvalue weighted by atomic mass is 16.5. The van der Waals surface area contributed by atoms with Crippen LogP contribution in [0.4, 0.5) is 11.4 Å². The van der Waals surface area contributed by atoms with Crippen molar-refractivity contribution in [3.8, 4) is 5.88 Å². The lowest BCUT2D eigenvalue weighted by Gasteiger charge is -2.04. The molecule has 2 rings (SSSR count). The Kier molecular flexibility index (Phi) is 2.53. The molecule has 15 heavy (non-hydrogen) atoms. The van der Waals surface area contributed by atoms with Crippen LogP contribution in [0, 0.1) is 0 Å². The molecule has 0 aromatic carbocycles. The topological polar surface area (TPSA) is 52.0 Å². The van der Waals surface area contributed by atoms with Crippen LogP contribution in [0.3, 0.4) is 0 Å². The average Bonchev–Trinajstić information content (AvgIpc) is 2.64. The monoisotopic (exact) mass is 204 g/mol. The molecule has 0 saturated carbocycles. The van der Waals surface area contributed by atoms with Crippen LogP contribution in [0.25, 0.3) is 0 Å². The molecule has 0 aliphatic carbocycles. The maximum Gasteiger partial charge on any atom is 0.214 e. The van der Waals surface area contributed by atoms with Crippen LogP contribution in [0.15, 0.2) is 30.7 Å². The lowest BCUT2D eigenvalue weighted by Crippen LogP contribution is -1.92. The van der Waals surface area contributed by atoms with Gasteiger partial charge in [-0.2, -0.15) is 5.10 Å². The molecule has 78 valence electrons. The number of anilines is 2. The van der Waals surface area contributed by atoms with Crippen molar-refractivity contribution in [3.63, 3.8) is 0 Å². The van der Waals surface area contributed by atoms with Crippen molar-refractivity contribution in [2.45, 2.75) is 0 Å². The smallest absolute Gasteiger partial charge is 0.214 e. The van der Waals surface area contributed by atoms with Crippen molar-refractivity contribution in [1.82, 2.24) is 14.8 Å². The molecule has 0 atom stereocenters. The number of hydrogen-bond donors (Lipinski definition) is 1.